The molecule has 0 saturated heterocycles. The zero-order valence-electron chi connectivity index (χ0n) is 15.5. The molecule has 1 N–H and O–H groups in total. The molecule has 0 unspecified atom stereocenters. The van der Waals surface area contributed by atoms with Crippen LogP contribution in [0.25, 0.3) is 22.7 Å². The van der Waals surface area contributed by atoms with E-state index in [9.17, 15) is 5.26 Å². The minimum atomic E-state index is 0.492. The first-order valence-corrected chi connectivity index (χ1v) is 9.06. The number of aryl methyl sites for hydroxylation is 1. The Hall–Kier alpha value is -3.84. The van der Waals surface area contributed by atoms with Gasteiger partial charge in [0.15, 0.2) is 0 Å². The maximum atomic E-state index is 9.58. The van der Waals surface area contributed by atoms with Gasteiger partial charge in [0, 0.05) is 0 Å². The van der Waals surface area contributed by atoms with Gasteiger partial charge in [-0.15, -0.1) is 0 Å². The molecular weight excluding hydrogens is 346 g/mol. The van der Waals surface area contributed by atoms with Gasteiger partial charge >= 0.3 is 0 Å². The van der Waals surface area contributed by atoms with E-state index in [0.29, 0.717) is 18.0 Å². The van der Waals surface area contributed by atoms with Crippen LogP contribution in [0.2, 0.25) is 0 Å². The zero-order chi connectivity index (χ0) is 19.3. The van der Waals surface area contributed by atoms with E-state index in [0.717, 1.165) is 33.5 Å². The van der Waals surface area contributed by atoms with Crippen LogP contribution < -0.4 is 4.74 Å². The van der Waals surface area contributed by atoms with Crippen LogP contribution in [0.5, 0.6) is 5.75 Å². The topological polar surface area (TPSA) is 61.7 Å². The number of fused-ring (bicyclic) bond motifs is 1. The molecule has 0 spiro atoms. The number of hydrogen-bond donors (Lipinski definition) is 1. The summed E-state index contributed by atoms with van der Waals surface area (Å²) in [7, 11) is 0. The second kappa shape index (κ2) is 7.81. The third kappa shape index (κ3) is 3.94. The SMILES string of the molecule is Cc1ccc2nc(/C(C#N)=C/c3ccc(OCc4ccccc4)cc3)[nH]c2c1. The lowest BCUT2D eigenvalue weighted by molar-refractivity contribution is 0.306. The number of nitriles is 1. The van der Waals surface area contributed by atoms with E-state index >= 15 is 0 Å². The normalized spacial score (nSPS) is 11.4. The van der Waals surface area contributed by atoms with Crippen LogP contribution in [0, 0.1) is 18.3 Å². The molecule has 0 radical (unpaired) electrons. The molecule has 136 valence electrons. The number of imidazole rings is 1. The van der Waals surface area contributed by atoms with Crippen molar-refractivity contribution in [2.45, 2.75) is 13.5 Å². The second-order valence-corrected chi connectivity index (χ2v) is 6.62. The Morgan fingerprint density at radius 1 is 1.07 bits per heavy atom. The molecule has 0 amide bonds. The average Bonchev–Trinajstić information content (AvgIpc) is 3.15. The molecule has 0 aliphatic heterocycles. The Kier molecular flexibility index (Phi) is 4.90. The van der Waals surface area contributed by atoms with Crippen LogP contribution in [0.4, 0.5) is 0 Å². The van der Waals surface area contributed by atoms with Gasteiger partial charge in [-0.05, 0) is 54.0 Å². The zero-order valence-corrected chi connectivity index (χ0v) is 15.5. The largest absolute Gasteiger partial charge is 0.489 e. The predicted octanol–water partition coefficient (Wildman–Crippen LogP) is 5.51. The van der Waals surface area contributed by atoms with Crippen molar-refractivity contribution in [3.05, 3.63) is 95.3 Å². The summed E-state index contributed by atoms with van der Waals surface area (Å²) in [6, 6.07) is 26.0. The van der Waals surface area contributed by atoms with E-state index < -0.39 is 0 Å². The number of benzene rings is 3. The van der Waals surface area contributed by atoms with Gasteiger partial charge < -0.3 is 9.72 Å². The van der Waals surface area contributed by atoms with Crippen molar-refractivity contribution in [1.29, 1.82) is 5.26 Å². The van der Waals surface area contributed by atoms with Gasteiger partial charge in [0.1, 0.15) is 24.3 Å². The highest BCUT2D eigenvalue weighted by Gasteiger charge is 2.08. The lowest BCUT2D eigenvalue weighted by Gasteiger charge is -2.06. The first kappa shape index (κ1) is 17.6. The van der Waals surface area contributed by atoms with E-state index in [4.69, 9.17) is 4.74 Å². The molecule has 4 rings (SSSR count). The molecule has 0 aliphatic carbocycles. The Bertz CT molecular complexity index is 1170. The summed E-state index contributed by atoms with van der Waals surface area (Å²) in [5.41, 5.74) is 5.47. The number of allylic oxidation sites excluding steroid dienone is 1. The fourth-order valence-corrected chi connectivity index (χ4v) is 2.97. The molecule has 0 aliphatic rings. The molecule has 1 heterocycles. The minimum Gasteiger partial charge on any atom is -0.489 e. The number of ether oxygens (including phenoxy) is 1. The maximum Gasteiger partial charge on any atom is 0.149 e. The van der Waals surface area contributed by atoms with E-state index in [1.807, 2.05) is 85.8 Å². The van der Waals surface area contributed by atoms with Crippen molar-refractivity contribution in [3.8, 4) is 11.8 Å². The Morgan fingerprint density at radius 2 is 1.86 bits per heavy atom. The van der Waals surface area contributed by atoms with Gasteiger partial charge in [-0.2, -0.15) is 5.26 Å². The number of aromatic nitrogens is 2. The molecule has 0 bridgehead atoms. The third-order valence-electron chi connectivity index (χ3n) is 4.45. The van der Waals surface area contributed by atoms with E-state index in [1.165, 1.54) is 0 Å². The van der Waals surface area contributed by atoms with Gasteiger partial charge in [0.25, 0.3) is 0 Å². The molecule has 4 heteroatoms. The van der Waals surface area contributed by atoms with Crippen LogP contribution in [-0.2, 0) is 6.61 Å². The monoisotopic (exact) mass is 365 g/mol. The predicted molar refractivity (Wildman–Crippen MR) is 112 cm³/mol. The smallest absolute Gasteiger partial charge is 0.149 e. The first-order chi connectivity index (χ1) is 13.7. The highest BCUT2D eigenvalue weighted by atomic mass is 16.5. The quantitative estimate of drug-likeness (QED) is 0.474. The van der Waals surface area contributed by atoms with Gasteiger partial charge in [0.2, 0.25) is 0 Å². The lowest BCUT2D eigenvalue weighted by Crippen LogP contribution is -1.94. The van der Waals surface area contributed by atoms with E-state index in [2.05, 4.69) is 16.0 Å². The number of H-pyrrole nitrogens is 1. The highest BCUT2D eigenvalue weighted by Crippen LogP contribution is 2.21. The van der Waals surface area contributed by atoms with E-state index in [-0.39, 0.29) is 0 Å². The fourth-order valence-electron chi connectivity index (χ4n) is 2.97. The molecule has 4 aromatic rings. The summed E-state index contributed by atoms with van der Waals surface area (Å²) >= 11 is 0. The number of rotatable bonds is 5. The van der Waals surface area contributed by atoms with Crippen molar-refractivity contribution in [2.24, 2.45) is 0 Å². The van der Waals surface area contributed by atoms with Gasteiger partial charge in [-0.25, -0.2) is 4.98 Å². The third-order valence-corrected chi connectivity index (χ3v) is 4.45. The summed E-state index contributed by atoms with van der Waals surface area (Å²) in [6.07, 6.45) is 1.82. The Balaban J connectivity index is 1.52. The van der Waals surface area contributed by atoms with Crippen molar-refractivity contribution in [3.63, 3.8) is 0 Å². The summed E-state index contributed by atoms with van der Waals surface area (Å²) in [5.74, 6) is 1.37. The standard InChI is InChI=1S/C24H19N3O/c1-17-7-12-22-23(13-17)27-24(26-22)20(15-25)14-18-8-10-21(11-9-18)28-16-19-5-3-2-4-6-19/h2-14H,16H2,1H3,(H,26,27)/b20-14+. The lowest BCUT2D eigenvalue weighted by atomic mass is 10.1. The van der Waals surface area contributed by atoms with Crippen molar-refractivity contribution < 1.29 is 4.74 Å². The number of nitrogens with zero attached hydrogens (tertiary/aromatic N) is 2. The van der Waals surface area contributed by atoms with Crippen LogP contribution in [0.15, 0.2) is 72.8 Å². The Labute approximate surface area is 163 Å². The summed E-state index contributed by atoms with van der Waals surface area (Å²) in [4.78, 5) is 7.76. The van der Waals surface area contributed by atoms with Crippen LogP contribution >= 0.6 is 0 Å². The van der Waals surface area contributed by atoms with Crippen LogP contribution in [-0.4, -0.2) is 9.97 Å². The first-order valence-electron chi connectivity index (χ1n) is 9.06. The fraction of sp³-hybridized carbons (Fsp3) is 0.0833. The Morgan fingerprint density at radius 3 is 2.61 bits per heavy atom. The molecule has 0 fully saturated rings. The molecule has 0 atom stereocenters. The average molecular weight is 365 g/mol. The second-order valence-electron chi connectivity index (χ2n) is 6.62. The minimum absolute atomic E-state index is 0.492. The molecule has 28 heavy (non-hydrogen) atoms. The van der Waals surface area contributed by atoms with Gasteiger partial charge in [0.05, 0.1) is 16.6 Å². The highest BCUT2D eigenvalue weighted by molar-refractivity contribution is 5.90. The summed E-state index contributed by atoms with van der Waals surface area (Å²) in [6.45, 7) is 2.56. The summed E-state index contributed by atoms with van der Waals surface area (Å²) in [5, 5.41) is 9.58. The molecule has 4 nitrogen and oxygen atoms in total. The van der Waals surface area contributed by atoms with Crippen molar-refractivity contribution >= 4 is 22.7 Å². The number of hydrogen-bond acceptors (Lipinski definition) is 3. The number of nitrogens with one attached hydrogen (secondary N) is 1. The van der Waals surface area contributed by atoms with Crippen molar-refractivity contribution in [1.82, 2.24) is 9.97 Å². The van der Waals surface area contributed by atoms with E-state index in [1.54, 1.807) is 0 Å². The van der Waals surface area contributed by atoms with Crippen molar-refractivity contribution in [2.75, 3.05) is 0 Å². The number of aromatic amines is 1. The molecule has 1 aromatic heterocycles. The molecular formula is C24H19N3O. The molecule has 3 aromatic carbocycles. The van der Waals surface area contributed by atoms with Crippen LogP contribution in [0.1, 0.15) is 22.5 Å². The van der Waals surface area contributed by atoms with Gasteiger partial charge in [-0.1, -0.05) is 48.5 Å². The van der Waals surface area contributed by atoms with Gasteiger partial charge in [-0.3, -0.25) is 0 Å². The summed E-state index contributed by atoms with van der Waals surface area (Å²) < 4.78 is 5.81. The molecule has 0 saturated carbocycles. The maximum absolute atomic E-state index is 9.58. The van der Waals surface area contributed by atoms with Crippen LogP contribution in [0.3, 0.4) is 0 Å².